The molecule has 10 heteroatoms. The van der Waals surface area contributed by atoms with E-state index in [0.717, 1.165) is 34.6 Å². The van der Waals surface area contributed by atoms with Gasteiger partial charge in [-0.1, -0.05) is 11.2 Å². The van der Waals surface area contributed by atoms with Crippen LogP contribution < -0.4 is 4.90 Å². The Kier molecular flexibility index (Phi) is 3.63. The van der Waals surface area contributed by atoms with E-state index in [0.29, 0.717) is 24.1 Å². The topological polar surface area (TPSA) is 114 Å². The second-order valence-electron chi connectivity index (χ2n) is 7.18. The molecule has 148 valence electrons. The minimum absolute atomic E-state index is 0.241. The van der Waals surface area contributed by atoms with Gasteiger partial charge in [0.15, 0.2) is 0 Å². The van der Waals surface area contributed by atoms with Crippen molar-refractivity contribution >= 4 is 11.5 Å². The molecule has 0 fully saturated rings. The minimum Gasteiger partial charge on any atom is -0.401 e. The van der Waals surface area contributed by atoms with Gasteiger partial charge in [-0.3, -0.25) is 4.98 Å². The molecule has 1 aliphatic heterocycles. The number of pyridine rings is 1. The van der Waals surface area contributed by atoms with Crippen LogP contribution in [0.25, 0.3) is 17.1 Å². The van der Waals surface area contributed by atoms with Gasteiger partial charge in [0, 0.05) is 37.3 Å². The first-order valence-electron chi connectivity index (χ1n) is 9.61. The van der Waals surface area contributed by atoms with Crippen molar-refractivity contribution in [2.24, 2.45) is 0 Å². The van der Waals surface area contributed by atoms with E-state index in [-0.39, 0.29) is 6.04 Å². The molecule has 6 rings (SSSR count). The SMILES string of the molecule is Cc1cccn2nc([C@H]3c4nc[nH]c4CCN3c3nnc(-c4cnccn4)o3)cc12. The number of rotatable bonds is 3. The van der Waals surface area contributed by atoms with Gasteiger partial charge >= 0.3 is 6.01 Å². The van der Waals surface area contributed by atoms with Gasteiger partial charge in [0.05, 0.1) is 29.4 Å². The predicted octanol–water partition coefficient (Wildman–Crippen LogP) is 2.36. The van der Waals surface area contributed by atoms with Crippen LogP contribution in [0.15, 0.2) is 53.7 Å². The van der Waals surface area contributed by atoms with E-state index in [4.69, 9.17) is 9.52 Å². The number of hydrogen-bond donors (Lipinski definition) is 1. The number of H-pyrrole nitrogens is 1. The Balaban J connectivity index is 1.46. The van der Waals surface area contributed by atoms with E-state index < -0.39 is 0 Å². The van der Waals surface area contributed by atoms with E-state index in [1.54, 1.807) is 24.9 Å². The van der Waals surface area contributed by atoms with Gasteiger partial charge in [-0.05, 0) is 24.6 Å². The third-order valence-electron chi connectivity index (χ3n) is 5.38. The second-order valence-corrected chi connectivity index (χ2v) is 7.18. The van der Waals surface area contributed by atoms with Crippen LogP contribution in [0.4, 0.5) is 6.01 Å². The Bertz CT molecular complexity index is 1340. The zero-order valence-electron chi connectivity index (χ0n) is 16.1. The van der Waals surface area contributed by atoms with Gasteiger partial charge < -0.3 is 14.3 Å². The largest absolute Gasteiger partial charge is 0.401 e. The molecule has 5 aromatic rings. The highest BCUT2D eigenvalue weighted by Gasteiger charge is 2.36. The predicted molar refractivity (Wildman–Crippen MR) is 107 cm³/mol. The zero-order valence-corrected chi connectivity index (χ0v) is 16.1. The van der Waals surface area contributed by atoms with Crippen LogP contribution >= 0.6 is 0 Å². The fraction of sp³-hybridized carbons (Fsp3) is 0.200. The minimum atomic E-state index is -0.241. The molecule has 0 aliphatic carbocycles. The molecule has 0 spiro atoms. The summed E-state index contributed by atoms with van der Waals surface area (Å²) in [6.07, 6.45) is 9.26. The highest BCUT2D eigenvalue weighted by atomic mass is 16.4. The monoisotopic (exact) mass is 399 g/mol. The number of aryl methyl sites for hydroxylation is 1. The van der Waals surface area contributed by atoms with Crippen molar-refractivity contribution in [2.75, 3.05) is 11.4 Å². The van der Waals surface area contributed by atoms with Gasteiger partial charge in [0.1, 0.15) is 11.7 Å². The quantitative estimate of drug-likeness (QED) is 0.492. The van der Waals surface area contributed by atoms with E-state index >= 15 is 0 Å². The molecule has 1 N–H and O–H groups in total. The van der Waals surface area contributed by atoms with E-state index in [9.17, 15) is 0 Å². The standard InChI is InChI=1S/C20H17N9O/c1-12-3-2-7-29-16(12)9-14(27-29)18-17-13(23-11-24-17)4-8-28(18)20-26-25-19(30-20)15-10-21-5-6-22-15/h2-3,5-7,9-11,18H,4,8H2,1H3,(H,23,24)/t18-/m0/s1. The lowest BCUT2D eigenvalue weighted by Crippen LogP contribution is -2.36. The van der Waals surface area contributed by atoms with Gasteiger partial charge in [0.25, 0.3) is 5.89 Å². The fourth-order valence-corrected chi connectivity index (χ4v) is 3.94. The van der Waals surface area contributed by atoms with Crippen LogP contribution in [0.1, 0.15) is 28.7 Å². The van der Waals surface area contributed by atoms with Crippen molar-refractivity contribution in [1.29, 1.82) is 0 Å². The summed E-state index contributed by atoms with van der Waals surface area (Å²) < 4.78 is 7.87. The van der Waals surface area contributed by atoms with Crippen LogP contribution in [0.5, 0.6) is 0 Å². The number of imidazole rings is 1. The van der Waals surface area contributed by atoms with Crippen LogP contribution in [0.3, 0.4) is 0 Å². The molecule has 6 heterocycles. The summed E-state index contributed by atoms with van der Waals surface area (Å²) in [6, 6.07) is 6.32. The molecule has 1 aliphatic rings. The molecular formula is C20H17N9O. The van der Waals surface area contributed by atoms with Gasteiger partial charge in [0.2, 0.25) is 0 Å². The number of fused-ring (bicyclic) bond motifs is 2. The average Bonchev–Trinajstić information content (AvgIpc) is 3.52. The van der Waals surface area contributed by atoms with Crippen molar-refractivity contribution in [2.45, 2.75) is 19.4 Å². The molecule has 10 nitrogen and oxygen atoms in total. The summed E-state index contributed by atoms with van der Waals surface area (Å²) in [6.45, 7) is 2.76. The summed E-state index contributed by atoms with van der Waals surface area (Å²) in [7, 11) is 0. The normalized spacial score (nSPS) is 16.2. The molecule has 0 aromatic carbocycles. The summed E-state index contributed by atoms with van der Waals surface area (Å²) in [5.41, 5.74) is 5.63. The number of aromatic nitrogens is 8. The van der Waals surface area contributed by atoms with Gasteiger partial charge in [-0.15, -0.1) is 5.10 Å². The van der Waals surface area contributed by atoms with Crippen molar-refractivity contribution in [3.05, 3.63) is 72.0 Å². The van der Waals surface area contributed by atoms with Gasteiger partial charge in [-0.2, -0.15) is 5.10 Å². The van der Waals surface area contributed by atoms with Crippen LogP contribution in [0, 0.1) is 6.92 Å². The average molecular weight is 399 g/mol. The first kappa shape index (κ1) is 16.8. The molecule has 0 saturated heterocycles. The maximum Gasteiger partial charge on any atom is 0.319 e. The van der Waals surface area contributed by atoms with Crippen molar-refractivity contribution in [1.82, 2.24) is 39.7 Å². The number of anilines is 1. The maximum absolute atomic E-state index is 5.98. The molecule has 0 saturated carbocycles. The molecule has 5 aromatic heterocycles. The van der Waals surface area contributed by atoms with E-state index in [2.05, 4.69) is 49.2 Å². The van der Waals surface area contributed by atoms with E-state index in [1.807, 2.05) is 21.7 Å². The highest BCUT2D eigenvalue weighted by Crippen LogP contribution is 2.37. The van der Waals surface area contributed by atoms with Crippen molar-refractivity contribution < 1.29 is 4.42 Å². The summed E-state index contributed by atoms with van der Waals surface area (Å²) in [4.78, 5) is 18.2. The Morgan fingerprint density at radius 2 is 2.17 bits per heavy atom. The van der Waals surface area contributed by atoms with Crippen LogP contribution in [0.2, 0.25) is 0 Å². The summed E-state index contributed by atoms with van der Waals surface area (Å²) in [5.74, 6) is 0.329. The summed E-state index contributed by atoms with van der Waals surface area (Å²) >= 11 is 0. The molecule has 1 atom stereocenters. The Labute approximate surface area is 170 Å². The van der Waals surface area contributed by atoms with Crippen molar-refractivity contribution in [3.8, 4) is 11.6 Å². The number of hydrogen-bond acceptors (Lipinski definition) is 8. The highest BCUT2D eigenvalue weighted by molar-refractivity contribution is 5.57. The zero-order chi connectivity index (χ0) is 20.1. The molecule has 0 radical (unpaired) electrons. The maximum atomic E-state index is 5.98. The lowest BCUT2D eigenvalue weighted by Gasteiger charge is -2.32. The third kappa shape index (κ3) is 2.57. The van der Waals surface area contributed by atoms with Crippen LogP contribution in [-0.4, -0.2) is 46.3 Å². The lowest BCUT2D eigenvalue weighted by atomic mass is 10.00. The molecule has 0 bridgehead atoms. The van der Waals surface area contributed by atoms with Crippen molar-refractivity contribution in [3.63, 3.8) is 0 Å². The Hall–Kier alpha value is -4.08. The Morgan fingerprint density at radius 3 is 3.03 bits per heavy atom. The molecule has 0 amide bonds. The van der Waals surface area contributed by atoms with E-state index in [1.165, 1.54) is 0 Å². The molecular weight excluding hydrogens is 382 g/mol. The van der Waals surface area contributed by atoms with Gasteiger partial charge in [-0.25, -0.2) is 14.5 Å². The smallest absolute Gasteiger partial charge is 0.319 e. The third-order valence-corrected chi connectivity index (χ3v) is 5.38. The first-order valence-corrected chi connectivity index (χ1v) is 9.61. The Morgan fingerprint density at radius 1 is 1.20 bits per heavy atom. The number of nitrogens with zero attached hydrogens (tertiary/aromatic N) is 8. The molecule has 30 heavy (non-hydrogen) atoms. The summed E-state index contributed by atoms with van der Waals surface area (Å²) in [5, 5.41) is 13.3. The first-order chi connectivity index (χ1) is 14.8. The second kappa shape index (κ2) is 6.48. The van der Waals surface area contributed by atoms with Crippen LogP contribution in [-0.2, 0) is 6.42 Å². The fourth-order valence-electron chi connectivity index (χ4n) is 3.94. The number of aromatic amines is 1. The molecule has 0 unspecified atom stereocenters. The lowest BCUT2D eigenvalue weighted by molar-refractivity contribution is 0.502. The number of nitrogens with one attached hydrogen (secondary N) is 1.